The summed E-state index contributed by atoms with van der Waals surface area (Å²) in [6.07, 6.45) is 2.42. The normalized spacial score (nSPS) is 15.7. The van der Waals surface area contributed by atoms with Gasteiger partial charge in [-0.2, -0.15) is 0 Å². The standard InChI is InChI=1S/C14H19NO4/c1-17-11-7-10(15)8-12(9-11)19-6-5-14(3-4-14)13(16)18-2/h7-9H,3-6,15H2,1-2H3. The Morgan fingerprint density at radius 3 is 2.53 bits per heavy atom. The molecule has 0 heterocycles. The van der Waals surface area contributed by atoms with Gasteiger partial charge < -0.3 is 19.9 Å². The van der Waals surface area contributed by atoms with E-state index in [1.165, 1.54) is 7.11 Å². The van der Waals surface area contributed by atoms with Crippen molar-refractivity contribution in [3.8, 4) is 11.5 Å². The molecule has 0 amide bonds. The molecule has 2 rings (SSSR count). The molecule has 5 heteroatoms. The van der Waals surface area contributed by atoms with E-state index in [2.05, 4.69) is 0 Å². The first-order valence-electron chi connectivity index (χ1n) is 6.25. The van der Waals surface area contributed by atoms with Crippen molar-refractivity contribution in [1.29, 1.82) is 0 Å². The molecule has 0 saturated heterocycles. The molecule has 1 aromatic carbocycles. The summed E-state index contributed by atoms with van der Waals surface area (Å²) in [4.78, 5) is 11.6. The third-order valence-electron chi connectivity index (χ3n) is 3.46. The van der Waals surface area contributed by atoms with Crippen LogP contribution in [0.4, 0.5) is 5.69 Å². The van der Waals surface area contributed by atoms with Crippen LogP contribution in [0.2, 0.25) is 0 Å². The van der Waals surface area contributed by atoms with Gasteiger partial charge in [0.1, 0.15) is 11.5 Å². The zero-order chi connectivity index (χ0) is 13.9. The first-order valence-corrected chi connectivity index (χ1v) is 6.25. The third-order valence-corrected chi connectivity index (χ3v) is 3.46. The van der Waals surface area contributed by atoms with E-state index in [1.54, 1.807) is 25.3 Å². The van der Waals surface area contributed by atoms with Crippen molar-refractivity contribution in [1.82, 2.24) is 0 Å². The monoisotopic (exact) mass is 265 g/mol. The van der Waals surface area contributed by atoms with Gasteiger partial charge in [-0.05, 0) is 19.3 Å². The van der Waals surface area contributed by atoms with Crippen LogP contribution in [0.1, 0.15) is 19.3 Å². The number of carbonyl (C=O) groups is 1. The summed E-state index contributed by atoms with van der Waals surface area (Å²) >= 11 is 0. The van der Waals surface area contributed by atoms with Crippen LogP contribution in [0, 0.1) is 5.41 Å². The minimum absolute atomic E-state index is 0.138. The Kier molecular flexibility index (Phi) is 3.83. The Balaban J connectivity index is 1.89. The number of rotatable bonds is 6. The number of anilines is 1. The molecule has 1 fully saturated rings. The molecule has 104 valence electrons. The molecule has 1 aliphatic rings. The van der Waals surface area contributed by atoms with Crippen molar-refractivity contribution in [3.63, 3.8) is 0 Å². The zero-order valence-electron chi connectivity index (χ0n) is 11.3. The lowest BCUT2D eigenvalue weighted by Gasteiger charge is -2.13. The second-order valence-electron chi connectivity index (χ2n) is 4.81. The molecule has 0 atom stereocenters. The number of benzene rings is 1. The SMILES string of the molecule is COC(=O)C1(CCOc2cc(N)cc(OC)c2)CC1. The average Bonchev–Trinajstić information content (AvgIpc) is 3.18. The summed E-state index contributed by atoms with van der Waals surface area (Å²) in [5.74, 6) is 1.17. The Bertz CT molecular complexity index is 469. The van der Waals surface area contributed by atoms with Crippen molar-refractivity contribution in [2.24, 2.45) is 5.41 Å². The molecule has 0 bridgehead atoms. The Hall–Kier alpha value is -1.91. The molecule has 5 nitrogen and oxygen atoms in total. The van der Waals surface area contributed by atoms with Gasteiger partial charge in [0.15, 0.2) is 0 Å². The topological polar surface area (TPSA) is 70.8 Å². The highest BCUT2D eigenvalue weighted by Crippen LogP contribution is 2.49. The Morgan fingerprint density at radius 2 is 1.95 bits per heavy atom. The molecule has 19 heavy (non-hydrogen) atoms. The maximum absolute atomic E-state index is 11.6. The number of hydrogen-bond donors (Lipinski definition) is 1. The van der Waals surface area contributed by atoms with Gasteiger partial charge in [0.05, 0.1) is 26.2 Å². The van der Waals surface area contributed by atoms with Crippen LogP contribution in [0.15, 0.2) is 18.2 Å². The average molecular weight is 265 g/mol. The summed E-state index contributed by atoms with van der Waals surface area (Å²) < 4.78 is 15.6. The molecule has 2 N–H and O–H groups in total. The van der Waals surface area contributed by atoms with Crippen molar-refractivity contribution in [2.75, 3.05) is 26.6 Å². The van der Waals surface area contributed by atoms with Gasteiger partial charge >= 0.3 is 5.97 Å². The lowest BCUT2D eigenvalue weighted by molar-refractivity contribution is -0.147. The fourth-order valence-electron chi connectivity index (χ4n) is 2.08. The van der Waals surface area contributed by atoms with Crippen LogP contribution in [-0.4, -0.2) is 26.8 Å². The largest absolute Gasteiger partial charge is 0.497 e. The molecule has 1 aliphatic carbocycles. The lowest BCUT2D eigenvalue weighted by Crippen LogP contribution is -2.20. The first-order chi connectivity index (χ1) is 9.09. The van der Waals surface area contributed by atoms with Crippen LogP contribution in [0.5, 0.6) is 11.5 Å². The molecular formula is C14H19NO4. The van der Waals surface area contributed by atoms with Crippen LogP contribution in [0.25, 0.3) is 0 Å². The first kappa shape index (κ1) is 13.5. The van der Waals surface area contributed by atoms with Gasteiger partial charge in [-0.1, -0.05) is 0 Å². The highest BCUT2D eigenvalue weighted by atomic mass is 16.5. The van der Waals surface area contributed by atoms with Crippen molar-refractivity contribution in [2.45, 2.75) is 19.3 Å². The smallest absolute Gasteiger partial charge is 0.311 e. The van der Waals surface area contributed by atoms with Crippen molar-refractivity contribution < 1.29 is 19.0 Å². The molecule has 1 saturated carbocycles. The van der Waals surface area contributed by atoms with E-state index >= 15 is 0 Å². The van der Waals surface area contributed by atoms with Gasteiger partial charge in [-0.25, -0.2) is 0 Å². The molecule has 0 aliphatic heterocycles. The summed E-state index contributed by atoms with van der Waals surface area (Å²) in [6, 6.07) is 5.23. The van der Waals surface area contributed by atoms with Gasteiger partial charge in [-0.15, -0.1) is 0 Å². The van der Waals surface area contributed by atoms with Crippen molar-refractivity contribution in [3.05, 3.63) is 18.2 Å². The van der Waals surface area contributed by atoms with E-state index in [9.17, 15) is 4.79 Å². The van der Waals surface area contributed by atoms with E-state index in [0.717, 1.165) is 12.8 Å². The number of carbonyl (C=O) groups excluding carboxylic acids is 1. The molecule has 0 aromatic heterocycles. The minimum atomic E-state index is -0.320. The van der Waals surface area contributed by atoms with Crippen LogP contribution in [-0.2, 0) is 9.53 Å². The summed E-state index contributed by atoms with van der Waals surface area (Å²) in [6.45, 7) is 0.460. The quantitative estimate of drug-likeness (QED) is 0.629. The summed E-state index contributed by atoms with van der Waals surface area (Å²) in [7, 11) is 3.00. The number of esters is 1. The fourth-order valence-corrected chi connectivity index (χ4v) is 2.08. The summed E-state index contributed by atoms with van der Waals surface area (Å²) in [5.41, 5.74) is 6.01. The Labute approximate surface area is 112 Å². The van der Waals surface area contributed by atoms with E-state index in [-0.39, 0.29) is 11.4 Å². The van der Waals surface area contributed by atoms with E-state index in [4.69, 9.17) is 19.9 Å². The maximum Gasteiger partial charge on any atom is 0.311 e. The van der Waals surface area contributed by atoms with Crippen molar-refractivity contribution >= 4 is 11.7 Å². The number of nitrogen functional groups attached to an aromatic ring is 1. The highest BCUT2D eigenvalue weighted by Gasteiger charge is 2.50. The molecule has 1 aromatic rings. The Morgan fingerprint density at radius 1 is 1.26 bits per heavy atom. The number of ether oxygens (including phenoxy) is 3. The number of hydrogen-bond acceptors (Lipinski definition) is 5. The maximum atomic E-state index is 11.6. The number of nitrogens with two attached hydrogens (primary N) is 1. The second kappa shape index (κ2) is 5.38. The van der Waals surface area contributed by atoms with Crippen LogP contribution < -0.4 is 15.2 Å². The second-order valence-corrected chi connectivity index (χ2v) is 4.81. The van der Waals surface area contributed by atoms with Gasteiger partial charge in [0.2, 0.25) is 0 Å². The highest BCUT2D eigenvalue weighted by molar-refractivity contribution is 5.79. The van der Waals surface area contributed by atoms with Gasteiger partial charge in [0, 0.05) is 23.9 Å². The predicted molar refractivity (Wildman–Crippen MR) is 71.2 cm³/mol. The van der Waals surface area contributed by atoms with Crippen LogP contribution in [0.3, 0.4) is 0 Å². The lowest BCUT2D eigenvalue weighted by atomic mass is 10.0. The molecular weight excluding hydrogens is 246 g/mol. The van der Waals surface area contributed by atoms with Crippen LogP contribution >= 0.6 is 0 Å². The third kappa shape index (κ3) is 3.10. The fraction of sp³-hybridized carbons (Fsp3) is 0.500. The van der Waals surface area contributed by atoms with Gasteiger partial charge in [-0.3, -0.25) is 4.79 Å². The zero-order valence-corrected chi connectivity index (χ0v) is 11.3. The predicted octanol–water partition coefficient (Wildman–Crippen LogP) is 2.00. The molecule has 0 radical (unpaired) electrons. The molecule has 0 spiro atoms. The number of methoxy groups -OCH3 is 2. The van der Waals surface area contributed by atoms with E-state index < -0.39 is 0 Å². The molecule has 0 unspecified atom stereocenters. The minimum Gasteiger partial charge on any atom is -0.497 e. The van der Waals surface area contributed by atoms with E-state index in [0.29, 0.717) is 30.2 Å². The summed E-state index contributed by atoms with van der Waals surface area (Å²) in [5, 5.41) is 0. The van der Waals surface area contributed by atoms with Gasteiger partial charge in [0.25, 0.3) is 0 Å². The van der Waals surface area contributed by atoms with E-state index in [1.807, 2.05) is 0 Å².